The lowest BCUT2D eigenvalue weighted by Crippen LogP contribution is -2.42. The minimum atomic E-state index is 0.174. The molecule has 108 valence electrons. The number of nitrogens with two attached hydrogens (primary N) is 1. The van der Waals surface area contributed by atoms with E-state index in [1.54, 1.807) is 0 Å². The third-order valence-corrected chi connectivity index (χ3v) is 4.09. The van der Waals surface area contributed by atoms with Crippen molar-refractivity contribution in [2.75, 3.05) is 33.2 Å². The Morgan fingerprint density at radius 1 is 1.26 bits per heavy atom. The zero-order valence-corrected chi connectivity index (χ0v) is 12.4. The predicted molar refractivity (Wildman–Crippen MR) is 77.9 cm³/mol. The maximum Gasteiger partial charge on any atom is 0.0538 e. The van der Waals surface area contributed by atoms with Crippen LogP contribution in [0.15, 0.2) is 12.4 Å². The minimum Gasteiger partial charge on any atom is -0.326 e. The summed E-state index contributed by atoms with van der Waals surface area (Å²) in [4.78, 5) is 4.94. The van der Waals surface area contributed by atoms with E-state index in [2.05, 4.69) is 35.1 Å². The van der Waals surface area contributed by atoms with Crippen LogP contribution in [0.4, 0.5) is 0 Å². The molecule has 5 nitrogen and oxygen atoms in total. The van der Waals surface area contributed by atoms with Crippen LogP contribution in [0.25, 0.3) is 0 Å². The maximum absolute atomic E-state index is 6.38. The van der Waals surface area contributed by atoms with E-state index in [1.165, 1.54) is 18.5 Å². The van der Waals surface area contributed by atoms with Crippen molar-refractivity contribution in [3.8, 4) is 0 Å². The summed E-state index contributed by atoms with van der Waals surface area (Å²) in [6.07, 6.45) is 6.28. The molecule has 0 spiro atoms. The van der Waals surface area contributed by atoms with Crippen molar-refractivity contribution < 1.29 is 0 Å². The van der Waals surface area contributed by atoms with E-state index in [4.69, 9.17) is 5.73 Å². The van der Waals surface area contributed by atoms with Gasteiger partial charge in [-0.1, -0.05) is 6.92 Å². The Balaban J connectivity index is 2.17. The number of rotatable bonds is 4. The lowest BCUT2D eigenvalue weighted by molar-refractivity contribution is 0.175. The number of hydrogen-bond acceptors (Lipinski definition) is 4. The molecular formula is C14H27N5. The van der Waals surface area contributed by atoms with Gasteiger partial charge < -0.3 is 10.6 Å². The summed E-state index contributed by atoms with van der Waals surface area (Å²) in [6, 6.07) is 0.470. The summed E-state index contributed by atoms with van der Waals surface area (Å²) < 4.78 is 1.87. The predicted octanol–water partition coefficient (Wildman–Crippen LogP) is 0.836. The highest BCUT2D eigenvalue weighted by Crippen LogP contribution is 2.25. The molecule has 1 fully saturated rings. The van der Waals surface area contributed by atoms with Crippen LogP contribution < -0.4 is 5.73 Å². The zero-order chi connectivity index (χ0) is 13.8. The van der Waals surface area contributed by atoms with Gasteiger partial charge in [-0.15, -0.1) is 0 Å². The first-order chi connectivity index (χ1) is 9.11. The highest BCUT2D eigenvalue weighted by Gasteiger charge is 2.27. The van der Waals surface area contributed by atoms with Gasteiger partial charge in [0.1, 0.15) is 0 Å². The number of nitrogens with zero attached hydrogens (tertiary/aromatic N) is 4. The topological polar surface area (TPSA) is 50.3 Å². The van der Waals surface area contributed by atoms with Crippen molar-refractivity contribution in [2.45, 2.75) is 31.8 Å². The van der Waals surface area contributed by atoms with Gasteiger partial charge in [-0.3, -0.25) is 9.58 Å². The quantitative estimate of drug-likeness (QED) is 0.876. The first-order valence-electron chi connectivity index (χ1n) is 7.28. The summed E-state index contributed by atoms with van der Waals surface area (Å²) >= 11 is 0. The van der Waals surface area contributed by atoms with Crippen molar-refractivity contribution in [3.63, 3.8) is 0 Å². The van der Waals surface area contributed by atoms with E-state index < -0.39 is 0 Å². The van der Waals surface area contributed by atoms with Crippen molar-refractivity contribution in [3.05, 3.63) is 18.0 Å². The molecule has 5 heteroatoms. The molecule has 2 unspecified atom stereocenters. The second kappa shape index (κ2) is 6.50. The summed E-state index contributed by atoms with van der Waals surface area (Å²) in [5.41, 5.74) is 7.63. The van der Waals surface area contributed by atoms with E-state index in [9.17, 15) is 0 Å². The molecule has 0 aliphatic carbocycles. The Labute approximate surface area is 116 Å². The summed E-state index contributed by atoms with van der Waals surface area (Å²) in [5.74, 6) is 0. The van der Waals surface area contributed by atoms with E-state index in [0.717, 1.165) is 26.1 Å². The largest absolute Gasteiger partial charge is 0.326 e. The Hall–Kier alpha value is -0.910. The van der Waals surface area contributed by atoms with Crippen molar-refractivity contribution in [1.29, 1.82) is 0 Å². The van der Waals surface area contributed by atoms with Crippen LogP contribution in [0.5, 0.6) is 0 Å². The van der Waals surface area contributed by atoms with Gasteiger partial charge in [0, 0.05) is 44.5 Å². The molecule has 0 bridgehead atoms. The normalized spacial score (nSPS) is 22.1. The number of aryl methyl sites for hydroxylation is 1. The van der Waals surface area contributed by atoms with Gasteiger partial charge in [-0.2, -0.15) is 5.10 Å². The molecule has 0 amide bonds. The van der Waals surface area contributed by atoms with Gasteiger partial charge in [-0.25, -0.2) is 0 Å². The first kappa shape index (κ1) is 14.5. The van der Waals surface area contributed by atoms with Crippen LogP contribution in [0.3, 0.4) is 0 Å². The molecule has 0 radical (unpaired) electrons. The number of aromatic nitrogens is 2. The average molecular weight is 265 g/mol. The molecule has 19 heavy (non-hydrogen) atoms. The third kappa shape index (κ3) is 3.55. The molecule has 2 heterocycles. The fourth-order valence-corrected chi connectivity index (χ4v) is 2.89. The van der Waals surface area contributed by atoms with Gasteiger partial charge in [0.25, 0.3) is 0 Å². The highest BCUT2D eigenvalue weighted by molar-refractivity contribution is 5.13. The highest BCUT2D eigenvalue weighted by atomic mass is 15.3. The third-order valence-electron chi connectivity index (χ3n) is 4.09. The van der Waals surface area contributed by atoms with E-state index in [1.807, 2.05) is 17.9 Å². The maximum atomic E-state index is 6.38. The van der Waals surface area contributed by atoms with Crippen LogP contribution in [-0.2, 0) is 7.05 Å². The standard InChI is InChI=1S/C14H27N5/c1-4-13(15)14(12-10-16-18(3)11-12)19-7-5-6-17(2)8-9-19/h10-11,13-14H,4-9,15H2,1-3H3. The van der Waals surface area contributed by atoms with Gasteiger partial charge in [0.05, 0.1) is 12.2 Å². The van der Waals surface area contributed by atoms with Crippen LogP contribution in [0.1, 0.15) is 31.4 Å². The van der Waals surface area contributed by atoms with Crippen molar-refractivity contribution >= 4 is 0 Å². The van der Waals surface area contributed by atoms with Crippen LogP contribution >= 0.6 is 0 Å². The second-order valence-corrected chi connectivity index (χ2v) is 5.66. The van der Waals surface area contributed by atoms with E-state index in [0.29, 0.717) is 6.04 Å². The smallest absolute Gasteiger partial charge is 0.0538 e. The minimum absolute atomic E-state index is 0.174. The average Bonchev–Trinajstić information content (AvgIpc) is 2.69. The van der Waals surface area contributed by atoms with Crippen LogP contribution in [-0.4, -0.2) is 58.8 Å². The molecule has 2 rings (SSSR count). The Morgan fingerprint density at radius 2 is 2.05 bits per heavy atom. The van der Waals surface area contributed by atoms with Crippen LogP contribution in [0.2, 0.25) is 0 Å². The summed E-state index contributed by atoms with van der Waals surface area (Å²) in [5, 5.41) is 4.31. The molecule has 0 aromatic carbocycles. The molecule has 0 saturated carbocycles. The molecule has 1 saturated heterocycles. The van der Waals surface area contributed by atoms with Gasteiger partial charge >= 0.3 is 0 Å². The van der Waals surface area contributed by atoms with Crippen LogP contribution in [0, 0.1) is 0 Å². The summed E-state index contributed by atoms with van der Waals surface area (Å²) in [7, 11) is 4.16. The van der Waals surface area contributed by atoms with Crippen molar-refractivity contribution in [2.24, 2.45) is 12.8 Å². The molecule has 1 aromatic rings. The molecular weight excluding hydrogens is 238 g/mol. The van der Waals surface area contributed by atoms with E-state index >= 15 is 0 Å². The Bertz CT molecular complexity index is 389. The fourth-order valence-electron chi connectivity index (χ4n) is 2.89. The molecule has 1 aliphatic rings. The van der Waals surface area contributed by atoms with Crippen molar-refractivity contribution in [1.82, 2.24) is 19.6 Å². The summed E-state index contributed by atoms with van der Waals surface area (Å²) in [6.45, 7) is 6.67. The lowest BCUT2D eigenvalue weighted by Gasteiger charge is -2.33. The molecule has 1 aliphatic heterocycles. The van der Waals surface area contributed by atoms with Gasteiger partial charge in [-0.05, 0) is 26.4 Å². The zero-order valence-electron chi connectivity index (χ0n) is 12.4. The SMILES string of the molecule is CCC(N)C(c1cnn(C)c1)N1CCCN(C)CC1. The second-order valence-electron chi connectivity index (χ2n) is 5.66. The lowest BCUT2D eigenvalue weighted by atomic mass is 9.99. The Morgan fingerprint density at radius 3 is 2.68 bits per heavy atom. The fraction of sp³-hybridized carbons (Fsp3) is 0.786. The first-order valence-corrected chi connectivity index (χ1v) is 7.28. The molecule has 1 aromatic heterocycles. The number of hydrogen-bond donors (Lipinski definition) is 1. The number of likely N-dealkylation sites (N-methyl/N-ethyl adjacent to an activating group) is 1. The van der Waals surface area contributed by atoms with Gasteiger partial charge in [0.15, 0.2) is 0 Å². The monoisotopic (exact) mass is 265 g/mol. The Kier molecular flexibility index (Phi) is 4.96. The molecule has 2 N–H and O–H groups in total. The van der Waals surface area contributed by atoms with E-state index in [-0.39, 0.29) is 6.04 Å². The van der Waals surface area contributed by atoms with Gasteiger partial charge in [0.2, 0.25) is 0 Å². The molecule has 2 atom stereocenters.